The van der Waals surface area contributed by atoms with Gasteiger partial charge >= 0.3 is 5.97 Å². The largest absolute Gasteiger partial charge is 0.468 e. The smallest absolute Gasteiger partial charge is 0.302 e. The number of benzene rings is 1. The molecule has 0 aromatic heterocycles. The van der Waals surface area contributed by atoms with E-state index >= 15 is 0 Å². The van der Waals surface area contributed by atoms with E-state index in [9.17, 15) is 4.79 Å². The summed E-state index contributed by atoms with van der Waals surface area (Å²) in [5, 5.41) is 0. The Morgan fingerprint density at radius 1 is 1.08 bits per heavy atom. The molecular weight excluding hydrogens is 336 g/mol. The predicted octanol–water partition coefficient (Wildman–Crippen LogP) is 3.79. The standard InChI is InChI=1S/C20H30O6/c1-15(7-6-10-24-17(3)21)8-9-18-12-19(25-13-22-4)11-16(2)20(18)26-14-23-5/h8,11-12H,6-7,9-10,13-14H2,1-5H3/b15-8+. The summed E-state index contributed by atoms with van der Waals surface area (Å²) in [6.45, 7) is 6.30. The highest BCUT2D eigenvalue weighted by Gasteiger charge is 2.10. The third-order valence-electron chi connectivity index (χ3n) is 3.68. The van der Waals surface area contributed by atoms with Crippen molar-refractivity contribution in [2.24, 2.45) is 0 Å². The Morgan fingerprint density at radius 3 is 2.42 bits per heavy atom. The van der Waals surface area contributed by atoms with Gasteiger partial charge in [-0.2, -0.15) is 0 Å². The minimum absolute atomic E-state index is 0.192. The van der Waals surface area contributed by atoms with Gasteiger partial charge in [-0.1, -0.05) is 11.6 Å². The molecule has 0 saturated heterocycles. The van der Waals surface area contributed by atoms with E-state index in [1.165, 1.54) is 12.5 Å². The molecule has 0 unspecified atom stereocenters. The third-order valence-corrected chi connectivity index (χ3v) is 3.68. The van der Waals surface area contributed by atoms with Gasteiger partial charge in [-0.25, -0.2) is 0 Å². The Kier molecular flexibility index (Phi) is 10.4. The Labute approximate surface area is 156 Å². The highest BCUT2D eigenvalue weighted by Crippen LogP contribution is 2.30. The lowest BCUT2D eigenvalue weighted by Crippen LogP contribution is -2.05. The van der Waals surface area contributed by atoms with Crippen LogP contribution in [0.5, 0.6) is 11.5 Å². The highest BCUT2D eigenvalue weighted by atomic mass is 16.7. The molecule has 0 spiro atoms. The van der Waals surface area contributed by atoms with E-state index in [0.717, 1.165) is 35.5 Å². The average Bonchev–Trinajstić information content (AvgIpc) is 2.60. The first-order valence-corrected chi connectivity index (χ1v) is 8.64. The molecule has 0 atom stereocenters. The number of carbonyl (C=O) groups is 1. The molecule has 0 saturated carbocycles. The van der Waals surface area contributed by atoms with Gasteiger partial charge in [-0.15, -0.1) is 0 Å². The number of esters is 1. The van der Waals surface area contributed by atoms with Crippen LogP contribution in [0.25, 0.3) is 0 Å². The second-order valence-electron chi connectivity index (χ2n) is 6.03. The zero-order chi connectivity index (χ0) is 19.4. The maximum atomic E-state index is 10.8. The highest BCUT2D eigenvalue weighted by molar-refractivity contribution is 5.65. The van der Waals surface area contributed by atoms with Gasteiger partial charge in [0.2, 0.25) is 0 Å². The number of hydrogen-bond donors (Lipinski definition) is 0. The van der Waals surface area contributed by atoms with Crippen LogP contribution in [0.15, 0.2) is 23.8 Å². The predicted molar refractivity (Wildman–Crippen MR) is 99.5 cm³/mol. The average molecular weight is 366 g/mol. The first kappa shape index (κ1) is 22.0. The molecule has 0 fully saturated rings. The molecule has 6 nitrogen and oxygen atoms in total. The van der Waals surface area contributed by atoms with Gasteiger partial charge < -0.3 is 23.7 Å². The van der Waals surface area contributed by atoms with Crippen molar-refractivity contribution < 1.29 is 28.5 Å². The van der Waals surface area contributed by atoms with Crippen LogP contribution in [-0.2, 0) is 25.4 Å². The van der Waals surface area contributed by atoms with E-state index in [1.807, 2.05) is 19.1 Å². The Bertz CT molecular complexity index is 594. The fourth-order valence-corrected chi connectivity index (χ4v) is 2.45. The Hall–Kier alpha value is -2.05. The van der Waals surface area contributed by atoms with Crippen molar-refractivity contribution in [1.29, 1.82) is 0 Å². The Balaban J connectivity index is 2.80. The van der Waals surface area contributed by atoms with Gasteiger partial charge in [0.15, 0.2) is 13.6 Å². The first-order valence-electron chi connectivity index (χ1n) is 8.64. The number of methoxy groups -OCH3 is 2. The molecule has 1 aromatic carbocycles. The van der Waals surface area contributed by atoms with Crippen molar-refractivity contribution >= 4 is 5.97 Å². The molecule has 0 radical (unpaired) electrons. The first-order chi connectivity index (χ1) is 12.5. The topological polar surface area (TPSA) is 63.2 Å². The fraction of sp³-hybridized carbons (Fsp3) is 0.550. The van der Waals surface area contributed by atoms with Crippen LogP contribution >= 0.6 is 0 Å². The maximum absolute atomic E-state index is 10.8. The number of rotatable bonds is 12. The second-order valence-corrected chi connectivity index (χ2v) is 6.03. The molecule has 1 aromatic rings. The van der Waals surface area contributed by atoms with Gasteiger partial charge in [0.25, 0.3) is 0 Å². The van der Waals surface area contributed by atoms with E-state index in [2.05, 4.69) is 13.0 Å². The molecule has 0 heterocycles. The van der Waals surface area contributed by atoms with Crippen molar-refractivity contribution in [3.05, 3.63) is 34.9 Å². The van der Waals surface area contributed by atoms with E-state index in [1.54, 1.807) is 14.2 Å². The van der Waals surface area contributed by atoms with Gasteiger partial charge in [0.1, 0.15) is 11.5 Å². The minimum Gasteiger partial charge on any atom is -0.468 e. The van der Waals surface area contributed by atoms with Crippen LogP contribution < -0.4 is 9.47 Å². The molecule has 0 N–H and O–H groups in total. The van der Waals surface area contributed by atoms with Crippen LogP contribution in [0.4, 0.5) is 0 Å². The molecule has 6 heteroatoms. The molecule has 0 aliphatic rings. The molecule has 0 bridgehead atoms. The van der Waals surface area contributed by atoms with Crippen LogP contribution in [0, 0.1) is 6.92 Å². The molecule has 0 aliphatic carbocycles. The number of ether oxygens (including phenoxy) is 5. The lowest BCUT2D eigenvalue weighted by atomic mass is 10.0. The van der Waals surface area contributed by atoms with Gasteiger partial charge in [-0.3, -0.25) is 4.79 Å². The minimum atomic E-state index is -0.241. The van der Waals surface area contributed by atoms with E-state index in [4.69, 9.17) is 23.7 Å². The van der Waals surface area contributed by atoms with Crippen LogP contribution in [-0.4, -0.2) is 40.4 Å². The van der Waals surface area contributed by atoms with Crippen LogP contribution in [0.2, 0.25) is 0 Å². The molecular formula is C20H30O6. The van der Waals surface area contributed by atoms with Gasteiger partial charge in [0.05, 0.1) is 6.61 Å². The molecule has 146 valence electrons. The van der Waals surface area contributed by atoms with E-state index < -0.39 is 0 Å². The maximum Gasteiger partial charge on any atom is 0.302 e. The number of hydrogen-bond acceptors (Lipinski definition) is 6. The van der Waals surface area contributed by atoms with Crippen LogP contribution in [0.1, 0.15) is 37.8 Å². The van der Waals surface area contributed by atoms with Crippen molar-refractivity contribution in [1.82, 2.24) is 0 Å². The second kappa shape index (κ2) is 12.3. The van der Waals surface area contributed by atoms with Gasteiger partial charge in [-0.05, 0) is 50.8 Å². The normalized spacial score (nSPS) is 11.3. The summed E-state index contributed by atoms with van der Waals surface area (Å²) in [7, 11) is 3.18. The molecule has 0 amide bonds. The lowest BCUT2D eigenvalue weighted by Gasteiger charge is -2.15. The number of carbonyl (C=O) groups excluding carboxylic acids is 1. The van der Waals surface area contributed by atoms with Gasteiger partial charge in [0, 0.05) is 26.7 Å². The summed E-state index contributed by atoms with van der Waals surface area (Å²) < 4.78 is 26.3. The number of allylic oxidation sites excluding steroid dienone is 2. The molecule has 26 heavy (non-hydrogen) atoms. The van der Waals surface area contributed by atoms with Crippen molar-refractivity contribution in [2.45, 2.75) is 40.0 Å². The lowest BCUT2D eigenvalue weighted by molar-refractivity contribution is -0.141. The zero-order valence-corrected chi connectivity index (χ0v) is 16.4. The summed E-state index contributed by atoms with van der Waals surface area (Å²) in [6.07, 6.45) is 4.55. The van der Waals surface area contributed by atoms with E-state index in [0.29, 0.717) is 13.0 Å². The van der Waals surface area contributed by atoms with Crippen LogP contribution in [0.3, 0.4) is 0 Å². The van der Waals surface area contributed by atoms with Crippen molar-refractivity contribution in [3.8, 4) is 11.5 Å². The Morgan fingerprint density at radius 2 is 1.77 bits per heavy atom. The zero-order valence-electron chi connectivity index (χ0n) is 16.4. The monoisotopic (exact) mass is 366 g/mol. The molecule has 0 aliphatic heterocycles. The third kappa shape index (κ3) is 8.36. The summed E-state index contributed by atoms with van der Waals surface area (Å²) in [4.78, 5) is 10.8. The summed E-state index contributed by atoms with van der Waals surface area (Å²) in [5.74, 6) is 1.31. The summed E-state index contributed by atoms with van der Waals surface area (Å²) in [5.41, 5.74) is 3.23. The summed E-state index contributed by atoms with van der Waals surface area (Å²) >= 11 is 0. The fourth-order valence-electron chi connectivity index (χ4n) is 2.45. The summed E-state index contributed by atoms with van der Waals surface area (Å²) in [6, 6.07) is 3.88. The van der Waals surface area contributed by atoms with Crippen molar-refractivity contribution in [3.63, 3.8) is 0 Å². The SMILES string of the molecule is COCOc1cc(C)c(OCOC)c(C/C=C(\C)CCCOC(C)=O)c1. The number of aryl methyl sites for hydroxylation is 1. The van der Waals surface area contributed by atoms with Crippen molar-refractivity contribution in [2.75, 3.05) is 34.4 Å². The quantitative estimate of drug-likeness (QED) is 0.243. The molecule has 1 rings (SSSR count). The van der Waals surface area contributed by atoms with E-state index in [-0.39, 0.29) is 19.6 Å².